The van der Waals surface area contributed by atoms with Crippen LogP contribution in [0.15, 0.2) is 55.8 Å². The van der Waals surface area contributed by atoms with E-state index in [2.05, 4.69) is 20.7 Å². The highest BCUT2D eigenvalue weighted by Gasteiger charge is 2.16. The lowest BCUT2D eigenvalue weighted by atomic mass is 10.1. The van der Waals surface area contributed by atoms with Crippen molar-refractivity contribution in [2.75, 3.05) is 13.3 Å². The minimum Gasteiger partial charge on any atom is -0.488 e. The Bertz CT molecular complexity index is 1140. The predicted molar refractivity (Wildman–Crippen MR) is 119 cm³/mol. The number of hydrogen-bond acceptors (Lipinski definition) is 5. The van der Waals surface area contributed by atoms with E-state index >= 15 is 0 Å². The number of thioether (sulfide) groups is 1. The molecular formula is C20H20BrNO4S2. The van der Waals surface area contributed by atoms with E-state index in [1.807, 2.05) is 43.3 Å². The summed E-state index contributed by atoms with van der Waals surface area (Å²) in [6.45, 7) is 2.27. The maximum atomic E-state index is 12.2. The third kappa shape index (κ3) is 4.46. The molecule has 0 atom stereocenters. The lowest BCUT2D eigenvalue weighted by molar-refractivity contribution is 0.305. The van der Waals surface area contributed by atoms with Crippen LogP contribution in [0.5, 0.6) is 5.75 Å². The number of rotatable bonds is 7. The molecule has 8 heteroatoms. The summed E-state index contributed by atoms with van der Waals surface area (Å²) in [5.41, 5.74) is 3.45. The summed E-state index contributed by atoms with van der Waals surface area (Å²) in [5, 5.41) is 0.988. The molecule has 148 valence electrons. The van der Waals surface area contributed by atoms with Gasteiger partial charge >= 0.3 is 0 Å². The average molecular weight is 482 g/mol. The number of halogens is 1. The van der Waals surface area contributed by atoms with Gasteiger partial charge in [-0.05, 0) is 77.6 Å². The molecule has 3 aromatic rings. The van der Waals surface area contributed by atoms with Crippen molar-refractivity contribution in [2.45, 2.75) is 13.5 Å². The molecule has 28 heavy (non-hydrogen) atoms. The van der Waals surface area contributed by atoms with Crippen molar-refractivity contribution in [3.8, 4) is 5.75 Å². The molecule has 0 bridgehead atoms. The molecule has 1 aromatic heterocycles. The van der Waals surface area contributed by atoms with Gasteiger partial charge in [-0.2, -0.15) is 0 Å². The molecule has 0 spiro atoms. The molecule has 0 saturated carbocycles. The first-order valence-corrected chi connectivity index (χ1v) is 11.9. The third-order valence-electron chi connectivity index (χ3n) is 4.24. The van der Waals surface area contributed by atoms with Crippen molar-refractivity contribution < 1.29 is 17.6 Å². The first-order valence-electron chi connectivity index (χ1n) is 8.43. The maximum absolute atomic E-state index is 12.2. The van der Waals surface area contributed by atoms with Gasteiger partial charge in [0.2, 0.25) is 10.0 Å². The molecule has 1 N–H and O–H groups in total. The van der Waals surface area contributed by atoms with Crippen molar-refractivity contribution in [1.82, 2.24) is 4.72 Å². The molecule has 0 aliphatic heterocycles. The SMILES string of the molecule is CNS(=O)(=O)/C(=C/c1c(C)cccc1OCc1cc(Br)c2occc2c1)SC. The van der Waals surface area contributed by atoms with Crippen molar-refractivity contribution in [2.24, 2.45) is 0 Å². The van der Waals surface area contributed by atoms with Gasteiger partial charge in [0.1, 0.15) is 22.2 Å². The van der Waals surface area contributed by atoms with Crippen LogP contribution in [-0.4, -0.2) is 21.7 Å². The van der Waals surface area contributed by atoms with Gasteiger partial charge in [0.15, 0.2) is 0 Å². The summed E-state index contributed by atoms with van der Waals surface area (Å²) in [4.78, 5) is 0. The van der Waals surface area contributed by atoms with Crippen LogP contribution in [0.2, 0.25) is 0 Å². The fourth-order valence-electron chi connectivity index (χ4n) is 2.77. The van der Waals surface area contributed by atoms with Gasteiger partial charge in [-0.3, -0.25) is 0 Å². The van der Waals surface area contributed by atoms with Crippen LogP contribution in [0.4, 0.5) is 0 Å². The van der Waals surface area contributed by atoms with Crippen LogP contribution < -0.4 is 9.46 Å². The summed E-state index contributed by atoms with van der Waals surface area (Å²) in [5.74, 6) is 0.626. The summed E-state index contributed by atoms with van der Waals surface area (Å²) in [6, 6.07) is 11.5. The highest BCUT2D eigenvalue weighted by Crippen LogP contribution is 2.31. The molecule has 0 amide bonds. The molecular weight excluding hydrogens is 462 g/mol. The Morgan fingerprint density at radius 1 is 1.32 bits per heavy atom. The van der Waals surface area contributed by atoms with Gasteiger partial charge in [-0.25, -0.2) is 13.1 Å². The van der Waals surface area contributed by atoms with Crippen LogP contribution in [0, 0.1) is 6.92 Å². The maximum Gasteiger partial charge on any atom is 0.246 e. The first kappa shape index (κ1) is 21.0. The standard InChI is InChI=1S/C20H20BrNO4S2/c1-13-5-4-6-18(16(13)11-19(27-3)28(23,24)22-2)26-12-14-9-15-7-8-25-20(15)17(21)10-14/h4-11,22H,12H2,1-3H3/b19-11+. The molecule has 0 saturated heterocycles. The van der Waals surface area contributed by atoms with Gasteiger partial charge in [0, 0.05) is 10.9 Å². The first-order chi connectivity index (χ1) is 13.4. The van der Waals surface area contributed by atoms with Crippen molar-refractivity contribution in [3.63, 3.8) is 0 Å². The van der Waals surface area contributed by atoms with E-state index in [0.717, 1.165) is 32.1 Å². The molecule has 0 unspecified atom stereocenters. The second kappa shape index (κ2) is 8.73. The minimum atomic E-state index is -3.53. The summed E-state index contributed by atoms with van der Waals surface area (Å²) < 4.78 is 39.4. The highest BCUT2D eigenvalue weighted by atomic mass is 79.9. The Morgan fingerprint density at radius 2 is 2.11 bits per heavy atom. The van der Waals surface area contributed by atoms with Crippen LogP contribution >= 0.6 is 27.7 Å². The quantitative estimate of drug-likeness (QED) is 0.496. The molecule has 0 aliphatic rings. The van der Waals surface area contributed by atoms with E-state index in [-0.39, 0.29) is 4.24 Å². The van der Waals surface area contributed by atoms with E-state index in [9.17, 15) is 8.42 Å². The number of hydrogen-bond donors (Lipinski definition) is 1. The fourth-order valence-corrected chi connectivity index (χ4v) is 5.22. The number of aryl methyl sites for hydroxylation is 1. The molecule has 5 nitrogen and oxygen atoms in total. The normalized spacial score (nSPS) is 12.5. The van der Waals surface area contributed by atoms with Gasteiger partial charge in [-0.1, -0.05) is 12.1 Å². The van der Waals surface area contributed by atoms with E-state index < -0.39 is 10.0 Å². The van der Waals surface area contributed by atoms with Crippen LogP contribution in [0.25, 0.3) is 17.0 Å². The minimum absolute atomic E-state index is 0.233. The summed E-state index contributed by atoms with van der Waals surface area (Å²) in [7, 11) is -2.13. The molecule has 2 aromatic carbocycles. The fraction of sp³-hybridized carbons (Fsp3) is 0.200. The lowest BCUT2D eigenvalue weighted by Gasteiger charge is -2.13. The Hall–Kier alpha value is -1.74. The predicted octanol–water partition coefficient (Wildman–Crippen LogP) is 5.29. The van der Waals surface area contributed by atoms with Crippen LogP contribution in [-0.2, 0) is 16.6 Å². The van der Waals surface area contributed by atoms with E-state index in [1.54, 1.807) is 18.6 Å². The monoisotopic (exact) mass is 481 g/mol. The zero-order chi connectivity index (χ0) is 20.3. The number of ether oxygens (including phenoxy) is 1. The Kier molecular flexibility index (Phi) is 6.54. The summed E-state index contributed by atoms with van der Waals surface area (Å²) in [6.07, 6.45) is 5.03. The molecule has 3 rings (SSSR count). The van der Waals surface area contributed by atoms with Crippen molar-refractivity contribution in [3.05, 3.63) is 68.1 Å². The number of fused-ring (bicyclic) bond motifs is 1. The topological polar surface area (TPSA) is 68.5 Å². The van der Waals surface area contributed by atoms with Gasteiger partial charge in [0.25, 0.3) is 0 Å². The van der Waals surface area contributed by atoms with Crippen LogP contribution in [0.1, 0.15) is 16.7 Å². The zero-order valence-corrected chi connectivity index (χ0v) is 18.9. The number of nitrogens with one attached hydrogen (secondary N) is 1. The Balaban J connectivity index is 1.93. The van der Waals surface area contributed by atoms with Gasteiger partial charge in [0.05, 0.1) is 10.7 Å². The second-order valence-electron chi connectivity index (χ2n) is 6.07. The van der Waals surface area contributed by atoms with E-state index in [1.165, 1.54) is 18.8 Å². The molecule has 0 aliphatic carbocycles. The van der Waals surface area contributed by atoms with Gasteiger partial charge in [-0.15, -0.1) is 11.8 Å². The zero-order valence-electron chi connectivity index (χ0n) is 15.7. The number of furan rings is 1. The molecule has 0 radical (unpaired) electrons. The molecule has 1 heterocycles. The average Bonchev–Trinajstić information content (AvgIpc) is 3.14. The van der Waals surface area contributed by atoms with Gasteiger partial charge < -0.3 is 9.15 Å². The van der Waals surface area contributed by atoms with Crippen molar-refractivity contribution >= 4 is 54.8 Å². The number of sulfonamides is 1. The van der Waals surface area contributed by atoms with Crippen LogP contribution in [0.3, 0.4) is 0 Å². The Labute approximate surface area is 177 Å². The number of benzene rings is 2. The van der Waals surface area contributed by atoms with Crippen molar-refractivity contribution in [1.29, 1.82) is 0 Å². The smallest absolute Gasteiger partial charge is 0.246 e. The highest BCUT2D eigenvalue weighted by molar-refractivity contribution is 9.10. The second-order valence-corrected chi connectivity index (χ2v) is 9.88. The van der Waals surface area contributed by atoms with E-state index in [4.69, 9.17) is 9.15 Å². The molecule has 0 fully saturated rings. The third-order valence-corrected chi connectivity index (χ3v) is 7.69. The summed E-state index contributed by atoms with van der Waals surface area (Å²) >= 11 is 4.69. The lowest BCUT2D eigenvalue weighted by Crippen LogP contribution is -2.18. The largest absolute Gasteiger partial charge is 0.488 e. The Morgan fingerprint density at radius 3 is 2.82 bits per heavy atom. The van der Waals surface area contributed by atoms with E-state index in [0.29, 0.717) is 12.4 Å².